The van der Waals surface area contributed by atoms with Crippen LogP contribution >= 0.6 is 0 Å². The van der Waals surface area contributed by atoms with Crippen LogP contribution in [0.25, 0.3) is 0 Å². The van der Waals surface area contributed by atoms with Crippen LogP contribution in [0.5, 0.6) is 5.75 Å². The summed E-state index contributed by atoms with van der Waals surface area (Å²) in [6.07, 6.45) is 1.95. The summed E-state index contributed by atoms with van der Waals surface area (Å²) in [5.74, 6) is 0.886. The van der Waals surface area contributed by atoms with E-state index in [1.165, 1.54) is 5.56 Å². The van der Waals surface area contributed by atoms with E-state index in [0.29, 0.717) is 0 Å². The van der Waals surface area contributed by atoms with E-state index in [1.807, 2.05) is 19.9 Å². The summed E-state index contributed by atoms with van der Waals surface area (Å²) in [4.78, 5) is 0. The topological polar surface area (TPSA) is 47.3 Å². The van der Waals surface area contributed by atoms with Gasteiger partial charge in [0.2, 0.25) is 0 Å². The Kier molecular flexibility index (Phi) is 4.82. The van der Waals surface area contributed by atoms with Gasteiger partial charge >= 0.3 is 0 Å². The molecule has 0 aromatic heterocycles. The number of methoxy groups -OCH3 is 1. The minimum atomic E-state index is -0.136. The first-order valence-electron chi connectivity index (χ1n) is 6.16. The van der Waals surface area contributed by atoms with Crippen molar-refractivity contribution in [2.24, 2.45) is 5.73 Å². The van der Waals surface area contributed by atoms with Gasteiger partial charge in [0.15, 0.2) is 0 Å². The van der Waals surface area contributed by atoms with Crippen LogP contribution in [0.4, 0.5) is 5.69 Å². The predicted molar refractivity (Wildman–Crippen MR) is 73.7 cm³/mol. The van der Waals surface area contributed by atoms with Gasteiger partial charge in [0.25, 0.3) is 0 Å². The zero-order valence-electron chi connectivity index (χ0n) is 11.3. The third-order valence-electron chi connectivity index (χ3n) is 2.76. The Morgan fingerprint density at radius 1 is 1.35 bits per heavy atom. The Morgan fingerprint density at radius 3 is 2.59 bits per heavy atom. The highest BCUT2D eigenvalue weighted by atomic mass is 16.5. The van der Waals surface area contributed by atoms with Crippen molar-refractivity contribution in [2.45, 2.75) is 39.2 Å². The molecule has 1 aromatic carbocycles. The molecule has 0 aliphatic heterocycles. The molecule has 0 saturated carbocycles. The number of nitrogens with one attached hydrogen (secondary N) is 1. The molecule has 0 bridgehead atoms. The minimum Gasteiger partial charge on any atom is -0.495 e. The molecule has 96 valence electrons. The average molecular weight is 236 g/mol. The summed E-state index contributed by atoms with van der Waals surface area (Å²) in [5.41, 5.74) is 8.18. The van der Waals surface area contributed by atoms with Gasteiger partial charge in [-0.1, -0.05) is 13.0 Å². The molecule has 3 heteroatoms. The standard InChI is InChI=1S/C14H24N2O/c1-5-11-6-7-13(17-4)12(10-11)16-9-8-14(2,3)15/h6-7,10,16H,5,8-9,15H2,1-4H3. The molecule has 0 atom stereocenters. The monoisotopic (exact) mass is 236 g/mol. The second-order valence-corrected chi connectivity index (χ2v) is 5.05. The maximum Gasteiger partial charge on any atom is 0.141 e. The van der Waals surface area contributed by atoms with E-state index in [2.05, 4.69) is 24.4 Å². The summed E-state index contributed by atoms with van der Waals surface area (Å²) in [6, 6.07) is 6.24. The first kappa shape index (κ1) is 13.8. The lowest BCUT2D eigenvalue weighted by molar-refractivity contribution is 0.415. The molecular weight excluding hydrogens is 212 g/mol. The summed E-state index contributed by atoms with van der Waals surface area (Å²) in [5, 5.41) is 3.39. The maximum atomic E-state index is 5.95. The number of rotatable bonds is 6. The van der Waals surface area contributed by atoms with E-state index in [1.54, 1.807) is 7.11 Å². The Labute approximate surface area is 104 Å². The zero-order chi connectivity index (χ0) is 12.9. The zero-order valence-corrected chi connectivity index (χ0v) is 11.3. The molecule has 0 heterocycles. The van der Waals surface area contributed by atoms with Gasteiger partial charge in [0.1, 0.15) is 5.75 Å². The largest absolute Gasteiger partial charge is 0.495 e. The van der Waals surface area contributed by atoms with Crippen molar-refractivity contribution < 1.29 is 4.74 Å². The van der Waals surface area contributed by atoms with Crippen LogP contribution in [-0.4, -0.2) is 19.2 Å². The molecule has 0 unspecified atom stereocenters. The Balaban J connectivity index is 2.68. The molecule has 0 amide bonds. The van der Waals surface area contributed by atoms with Crippen molar-refractivity contribution in [3.05, 3.63) is 23.8 Å². The van der Waals surface area contributed by atoms with Crippen molar-refractivity contribution in [3.8, 4) is 5.75 Å². The number of benzene rings is 1. The van der Waals surface area contributed by atoms with Crippen LogP contribution < -0.4 is 15.8 Å². The normalized spacial score (nSPS) is 11.4. The van der Waals surface area contributed by atoms with Crippen molar-refractivity contribution in [2.75, 3.05) is 19.0 Å². The molecule has 0 aliphatic rings. The average Bonchev–Trinajstić information content (AvgIpc) is 2.27. The van der Waals surface area contributed by atoms with Gasteiger partial charge in [-0.3, -0.25) is 0 Å². The highest BCUT2D eigenvalue weighted by Crippen LogP contribution is 2.25. The fourth-order valence-corrected chi connectivity index (χ4v) is 1.63. The quantitative estimate of drug-likeness (QED) is 0.798. The van der Waals surface area contributed by atoms with E-state index >= 15 is 0 Å². The van der Waals surface area contributed by atoms with E-state index in [9.17, 15) is 0 Å². The molecule has 0 fully saturated rings. The van der Waals surface area contributed by atoms with Crippen molar-refractivity contribution in [3.63, 3.8) is 0 Å². The maximum absolute atomic E-state index is 5.95. The van der Waals surface area contributed by atoms with Gasteiger partial charge in [-0.15, -0.1) is 0 Å². The number of hydrogen-bond donors (Lipinski definition) is 2. The number of aryl methyl sites for hydroxylation is 1. The van der Waals surface area contributed by atoms with Gasteiger partial charge in [0.05, 0.1) is 12.8 Å². The van der Waals surface area contributed by atoms with Crippen molar-refractivity contribution in [1.29, 1.82) is 0 Å². The van der Waals surface area contributed by atoms with Crippen LogP contribution in [0.2, 0.25) is 0 Å². The Bertz CT molecular complexity index is 356. The molecule has 0 radical (unpaired) electrons. The van der Waals surface area contributed by atoms with Crippen molar-refractivity contribution in [1.82, 2.24) is 0 Å². The molecule has 0 spiro atoms. The molecule has 1 aromatic rings. The fourth-order valence-electron chi connectivity index (χ4n) is 1.63. The van der Waals surface area contributed by atoms with E-state index < -0.39 is 0 Å². The highest BCUT2D eigenvalue weighted by molar-refractivity contribution is 5.58. The van der Waals surface area contributed by atoms with Crippen LogP contribution in [0.1, 0.15) is 32.8 Å². The van der Waals surface area contributed by atoms with Crippen molar-refractivity contribution >= 4 is 5.69 Å². The Hall–Kier alpha value is -1.22. The summed E-state index contributed by atoms with van der Waals surface area (Å²) in [7, 11) is 1.69. The van der Waals surface area contributed by atoms with Gasteiger partial charge in [-0.2, -0.15) is 0 Å². The smallest absolute Gasteiger partial charge is 0.141 e. The van der Waals surface area contributed by atoms with Crippen LogP contribution in [0.15, 0.2) is 18.2 Å². The van der Waals surface area contributed by atoms with Gasteiger partial charge < -0.3 is 15.8 Å². The van der Waals surface area contributed by atoms with E-state index in [0.717, 1.165) is 30.8 Å². The molecule has 0 saturated heterocycles. The van der Waals surface area contributed by atoms with Crippen LogP contribution in [0.3, 0.4) is 0 Å². The molecule has 1 rings (SSSR count). The first-order chi connectivity index (χ1) is 7.96. The molecule has 3 nitrogen and oxygen atoms in total. The minimum absolute atomic E-state index is 0.136. The second-order valence-electron chi connectivity index (χ2n) is 5.05. The summed E-state index contributed by atoms with van der Waals surface area (Å²) in [6.45, 7) is 7.07. The fraction of sp³-hybridized carbons (Fsp3) is 0.571. The lowest BCUT2D eigenvalue weighted by atomic mass is 10.0. The number of nitrogens with two attached hydrogens (primary N) is 1. The predicted octanol–water partition coefficient (Wildman–Crippen LogP) is 2.80. The number of anilines is 1. The number of ether oxygens (including phenoxy) is 1. The third kappa shape index (κ3) is 4.65. The van der Waals surface area contributed by atoms with Gasteiger partial charge in [-0.05, 0) is 44.4 Å². The van der Waals surface area contributed by atoms with Crippen LogP contribution in [0, 0.1) is 0 Å². The van der Waals surface area contributed by atoms with E-state index in [-0.39, 0.29) is 5.54 Å². The second kappa shape index (κ2) is 5.92. The van der Waals surface area contributed by atoms with Gasteiger partial charge in [0, 0.05) is 12.1 Å². The molecular formula is C14H24N2O. The lowest BCUT2D eigenvalue weighted by Crippen LogP contribution is -2.34. The lowest BCUT2D eigenvalue weighted by Gasteiger charge is -2.19. The SMILES string of the molecule is CCc1ccc(OC)c(NCCC(C)(C)N)c1. The highest BCUT2D eigenvalue weighted by Gasteiger charge is 2.10. The van der Waals surface area contributed by atoms with E-state index in [4.69, 9.17) is 10.5 Å². The summed E-state index contributed by atoms with van der Waals surface area (Å²) >= 11 is 0. The number of hydrogen-bond acceptors (Lipinski definition) is 3. The first-order valence-corrected chi connectivity index (χ1v) is 6.16. The molecule has 3 N–H and O–H groups in total. The molecule has 17 heavy (non-hydrogen) atoms. The third-order valence-corrected chi connectivity index (χ3v) is 2.76. The van der Waals surface area contributed by atoms with Crippen LogP contribution in [-0.2, 0) is 6.42 Å². The Morgan fingerprint density at radius 2 is 2.06 bits per heavy atom. The summed E-state index contributed by atoms with van der Waals surface area (Å²) < 4.78 is 5.33. The van der Waals surface area contributed by atoms with Gasteiger partial charge in [-0.25, -0.2) is 0 Å². The molecule has 0 aliphatic carbocycles.